The summed E-state index contributed by atoms with van der Waals surface area (Å²) in [5.41, 5.74) is 3.54. The maximum Gasteiger partial charge on any atom is 0.148 e. The largest absolute Gasteiger partial charge is 0.396 e. The lowest BCUT2D eigenvalue weighted by Gasteiger charge is -2.20. The van der Waals surface area contributed by atoms with Crippen molar-refractivity contribution in [3.8, 4) is 0 Å². The van der Waals surface area contributed by atoms with Crippen molar-refractivity contribution >= 4 is 11.6 Å². The number of nitrogens with one attached hydrogen (secondary N) is 2. The molecule has 0 aromatic carbocycles. The fourth-order valence-electron chi connectivity index (χ4n) is 1.90. The van der Waals surface area contributed by atoms with Crippen molar-refractivity contribution < 1.29 is 9.84 Å². The zero-order valence-corrected chi connectivity index (χ0v) is 11.5. The number of aliphatic hydroxyl groups is 1. The number of hydrogen-bond donors (Lipinski definition) is 4. The minimum absolute atomic E-state index is 0.00568. The van der Waals surface area contributed by atoms with Gasteiger partial charge in [0.15, 0.2) is 0 Å². The Balaban J connectivity index is 2.90. The molecule has 5 N–H and O–H groups in total. The summed E-state index contributed by atoms with van der Waals surface area (Å²) in [5.74, 6) is 6.83. The molecule has 0 amide bonds. The van der Waals surface area contributed by atoms with Gasteiger partial charge in [0.1, 0.15) is 18.0 Å². The van der Waals surface area contributed by atoms with E-state index in [0.717, 1.165) is 24.2 Å². The first kappa shape index (κ1) is 15.6. The molecule has 0 saturated heterocycles. The molecule has 0 aliphatic carbocycles. The molecule has 1 atom stereocenters. The van der Waals surface area contributed by atoms with E-state index in [1.54, 1.807) is 7.11 Å². The van der Waals surface area contributed by atoms with Gasteiger partial charge in [-0.2, -0.15) is 0 Å². The molecule has 1 rings (SSSR count). The standard InChI is InChI=1S/C12H23N5O2/c1-3-4-10-11(14-8-15-12(10)17-13)16-9(5-6-18)7-19-2/h8-9,18H,3-7,13H2,1-2H3,(H2,14,15,16,17). The third-order valence-corrected chi connectivity index (χ3v) is 2.77. The van der Waals surface area contributed by atoms with Crippen LogP contribution >= 0.6 is 0 Å². The number of rotatable bonds is 9. The Morgan fingerprint density at radius 2 is 2.16 bits per heavy atom. The van der Waals surface area contributed by atoms with Crippen molar-refractivity contribution in [2.45, 2.75) is 32.2 Å². The van der Waals surface area contributed by atoms with E-state index in [-0.39, 0.29) is 12.6 Å². The highest BCUT2D eigenvalue weighted by Crippen LogP contribution is 2.21. The second-order valence-corrected chi connectivity index (χ2v) is 4.25. The van der Waals surface area contributed by atoms with Crippen molar-refractivity contribution in [1.29, 1.82) is 0 Å². The molecule has 1 unspecified atom stereocenters. The molecule has 1 aromatic heterocycles. The molecule has 0 radical (unpaired) electrons. The summed E-state index contributed by atoms with van der Waals surface area (Å²) in [4.78, 5) is 8.36. The second-order valence-electron chi connectivity index (χ2n) is 4.25. The number of hydrazine groups is 1. The predicted molar refractivity (Wildman–Crippen MR) is 74.8 cm³/mol. The molecule has 1 aromatic rings. The Labute approximate surface area is 113 Å². The van der Waals surface area contributed by atoms with Crippen molar-refractivity contribution in [1.82, 2.24) is 9.97 Å². The Hall–Kier alpha value is -1.44. The molecular formula is C12H23N5O2. The summed E-state index contributed by atoms with van der Waals surface area (Å²) in [6.45, 7) is 2.68. The average molecular weight is 269 g/mol. The molecule has 0 bridgehead atoms. The number of ether oxygens (including phenoxy) is 1. The van der Waals surface area contributed by atoms with Crippen LogP contribution in [-0.2, 0) is 11.2 Å². The van der Waals surface area contributed by atoms with Crippen LogP contribution < -0.4 is 16.6 Å². The van der Waals surface area contributed by atoms with Gasteiger partial charge in [-0.3, -0.25) is 0 Å². The predicted octanol–water partition coefficient (Wildman–Crippen LogP) is 0.524. The van der Waals surface area contributed by atoms with Crippen LogP contribution in [0.3, 0.4) is 0 Å². The number of aliphatic hydroxyl groups excluding tert-OH is 1. The fourth-order valence-corrected chi connectivity index (χ4v) is 1.90. The van der Waals surface area contributed by atoms with Gasteiger partial charge in [-0.15, -0.1) is 0 Å². The maximum absolute atomic E-state index is 9.05. The van der Waals surface area contributed by atoms with E-state index in [0.29, 0.717) is 18.8 Å². The number of nitrogens with zero attached hydrogens (tertiary/aromatic N) is 2. The van der Waals surface area contributed by atoms with Gasteiger partial charge in [-0.25, -0.2) is 15.8 Å². The number of methoxy groups -OCH3 is 1. The topological polar surface area (TPSA) is 105 Å². The molecule has 0 aliphatic rings. The summed E-state index contributed by atoms with van der Waals surface area (Å²) in [5, 5.41) is 12.3. The quantitative estimate of drug-likeness (QED) is 0.382. The molecule has 0 saturated carbocycles. The van der Waals surface area contributed by atoms with Crippen LogP contribution in [0.1, 0.15) is 25.3 Å². The van der Waals surface area contributed by atoms with Crippen molar-refractivity contribution in [2.75, 3.05) is 31.1 Å². The van der Waals surface area contributed by atoms with Crippen LogP contribution in [0.4, 0.5) is 11.6 Å². The lowest BCUT2D eigenvalue weighted by atomic mass is 10.1. The number of aromatic nitrogens is 2. The van der Waals surface area contributed by atoms with Crippen LogP contribution in [0.5, 0.6) is 0 Å². The van der Waals surface area contributed by atoms with Crippen molar-refractivity contribution in [2.24, 2.45) is 5.84 Å². The summed E-state index contributed by atoms with van der Waals surface area (Å²) < 4.78 is 5.13. The average Bonchev–Trinajstić information content (AvgIpc) is 2.41. The minimum atomic E-state index is 0.00568. The third-order valence-electron chi connectivity index (χ3n) is 2.77. The summed E-state index contributed by atoms with van der Waals surface area (Å²) in [6, 6.07) is 0.00568. The van der Waals surface area contributed by atoms with Crippen LogP contribution in [-0.4, -0.2) is 41.4 Å². The lowest BCUT2D eigenvalue weighted by molar-refractivity contribution is 0.170. The maximum atomic E-state index is 9.05. The molecule has 7 heteroatoms. The van der Waals surface area contributed by atoms with Gasteiger partial charge in [0.25, 0.3) is 0 Å². The van der Waals surface area contributed by atoms with Crippen LogP contribution in [0.15, 0.2) is 6.33 Å². The molecule has 1 heterocycles. The smallest absolute Gasteiger partial charge is 0.148 e. The number of nitrogens with two attached hydrogens (primary N) is 1. The van der Waals surface area contributed by atoms with Gasteiger partial charge in [0.2, 0.25) is 0 Å². The SMILES string of the molecule is CCCc1c(NN)ncnc1NC(CCO)COC. The molecule has 0 aliphatic heterocycles. The third kappa shape index (κ3) is 4.62. The highest BCUT2D eigenvalue weighted by molar-refractivity contribution is 5.57. The molecule has 19 heavy (non-hydrogen) atoms. The first-order chi connectivity index (χ1) is 9.26. The van der Waals surface area contributed by atoms with Crippen LogP contribution in [0, 0.1) is 0 Å². The summed E-state index contributed by atoms with van der Waals surface area (Å²) in [6.07, 6.45) is 3.83. The number of anilines is 2. The fraction of sp³-hybridized carbons (Fsp3) is 0.667. The molecule has 0 spiro atoms. The molecule has 0 fully saturated rings. The first-order valence-electron chi connectivity index (χ1n) is 6.43. The van der Waals surface area contributed by atoms with Crippen LogP contribution in [0.25, 0.3) is 0 Å². The first-order valence-corrected chi connectivity index (χ1v) is 6.43. The molecular weight excluding hydrogens is 246 g/mol. The van der Waals surface area contributed by atoms with Crippen molar-refractivity contribution in [3.63, 3.8) is 0 Å². The zero-order chi connectivity index (χ0) is 14.1. The van der Waals surface area contributed by atoms with E-state index in [4.69, 9.17) is 15.7 Å². The molecule has 108 valence electrons. The van der Waals surface area contributed by atoms with E-state index in [2.05, 4.69) is 27.6 Å². The van der Waals surface area contributed by atoms with Gasteiger partial charge in [0, 0.05) is 19.3 Å². The van der Waals surface area contributed by atoms with E-state index in [9.17, 15) is 0 Å². The van der Waals surface area contributed by atoms with Gasteiger partial charge in [-0.05, 0) is 12.8 Å². The summed E-state index contributed by atoms with van der Waals surface area (Å²) in [7, 11) is 1.63. The highest BCUT2D eigenvalue weighted by Gasteiger charge is 2.14. The zero-order valence-electron chi connectivity index (χ0n) is 11.5. The van der Waals surface area contributed by atoms with Gasteiger partial charge < -0.3 is 20.6 Å². The number of hydrogen-bond acceptors (Lipinski definition) is 7. The van der Waals surface area contributed by atoms with E-state index in [1.807, 2.05) is 0 Å². The Morgan fingerprint density at radius 1 is 1.42 bits per heavy atom. The van der Waals surface area contributed by atoms with Gasteiger partial charge in [0.05, 0.1) is 12.6 Å². The highest BCUT2D eigenvalue weighted by atomic mass is 16.5. The normalized spacial score (nSPS) is 12.2. The monoisotopic (exact) mass is 269 g/mol. The van der Waals surface area contributed by atoms with Crippen molar-refractivity contribution in [3.05, 3.63) is 11.9 Å². The van der Waals surface area contributed by atoms with Gasteiger partial charge in [-0.1, -0.05) is 13.3 Å². The second kappa shape index (κ2) is 8.63. The Kier molecular flexibility index (Phi) is 7.09. The minimum Gasteiger partial charge on any atom is -0.396 e. The number of nitrogen functional groups attached to an aromatic ring is 1. The van der Waals surface area contributed by atoms with Gasteiger partial charge >= 0.3 is 0 Å². The van der Waals surface area contributed by atoms with E-state index < -0.39 is 0 Å². The summed E-state index contributed by atoms with van der Waals surface area (Å²) >= 11 is 0. The van der Waals surface area contributed by atoms with E-state index in [1.165, 1.54) is 6.33 Å². The molecule has 7 nitrogen and oxygen atoms in total. The Bertz CT molecular complexity index is 369. The lowest BCUT2D eigenvalue weighted by Crippen LogP contribution is -2.27. The van der Waals surface area contributed by atoms with Crippen LogP contribution in [0.2, 0.25) is 0 Å². The van der Waals surface area contributed by atoms with E-state index >= 15 is 0 Å². The Morgan fingerprint density at radius 3 is 2.74 bits per heavy atom.